The molecule has 134 valence electrons. The molecule has 6 heteroatoms. The second kappa shape index (κ2) is 7.88. The summed E-state index contributed by atoms with van der Waals surface area (Å²) < 4.78 is 11.0. The third-order valence-corrected chi connectivity index (χ3v) is 3.66. The molecule has 0 radical (unpaired) electrons. The van der Waals surface area contributed by atoms with Gasteiger partial charge in [-0.2, -0.15) is 0 Å². The minimum absolute atomic E-state index is 0.00400. The minimum atomic E-state index is -1.11. The lowest BCUT2D eigenvalue weighted by Crippen LogP contribution is -2.26. The van der Waals surface area contributed by atoms with Gasteiger partial charge in [0.15, 0.2) is 5.76 Å². The molecule has 25 heavy (non-hydrogen) atoms. The van der Waals surface area contributed by atoms with Gasteiger partial charge in [-0.25, -0.2) is 4.79 Å². The lowest BCUT2D eigenvalue weighted by molar-refractivity contribution is 0.0694. The van der Waals surface area contributed by atoms with Crippen LogP contribution < -0.4 is 10.1 Å². The maximum Gasteiger partial charge on any atom is 0.339 e. The van der Waals surface area contributed by atoms with Gasteiger partial charge in [0, 0.05) is 12.5 Å². The van der Waals surface area contributed by atoms with Crippen molar-refractivity contribution in [3.05, 3.63) is 53.0 Å². The molecule has 0 aliphatic carbocycles. The number of amides is 1. The van der Waals surface area contributed by atoms with E-state index in [0.717, 1.165) is 11.3 Å². The molecule has 2 N–H and O–H groups in total. The van der Waals surface area contributed by atoms with Gasteiger partial charge >= 0.3 is 5.97 Å². The number of ether oxygens (including phenoxy) is 1. The average Bonchev–Trinajstić information content (AvgIpc) is 2.99. The molecule has 2 aromatic rings. The number of carboxylic acids is 1. The molecule has 0 saturated heterocycles. The summed E-state index contributed by atoms with van der Waals surface area (Å²) in [6.45, 7) is 7.50. The predicted molar refractivity (Wildman–Crippen MR) is 93.1 cm³/mol. The smallest absolute Gasteiger partial charge is 0.339 e. The van der Waals surface area contributed by atoms with Crippen LogP contribution in [0.25, 0.3) is 0 Å². The van der Waals surface area contributed by atoms with Gasteiger partial charge in [0.25, 0.3) is 5.91 Å². The minimum Gasteiger partial charge on any atom is -0.491 e. The zero-order valence-corrected chi connectivity index (χ0v) is 14.8. The van der Waals surface area contributed by atoms with Gasteiger partial charge in [0.05, 0.1) is 12.1 Å². The van der Waals surface area contributed by atoms with Crippen LogP contribution in [-0.4, -0.2) is 23.1 Å². The molecule has 1 amide bonds. The Kier molecular flexibility index (Phi) is 5.85. The molecular formula is C19H23NO5. The van der Waals surface area contributed by atoms with Crippen molar-refractivity contribution in [2.24, 2.45) is 0 Å². The number of furan rings is 1. The highest BCUT2D eigenvalue weighted by atomic mass is 16.5. The molecule has 1 aromatic heterocycles. The summed E-state index contributed by atoms with van der Waals surface area (Å²) in [5.74, 6) is -0.544. The van der Waals surface area contributed by atoms with Crippen molar-refractivity contribution < 1.29 is 23.8 Å². The number of aromatic carboxylic acids is 1. The summed E-state index contributed by atoms with van der Waals surface area (Å²) in [7, 11) is 0. The normalized spacial score (nSPS) is 12.0. The maximum absolute atomic E-state index is 12.4. The largest absolute Gasteiger partial charge is 0.491 e. The fourth-order valence-electron chi connectivity index (χ4n) is 2.46. The number of hydrogen-bond donors (Lipinski definition) is 2. The van der Waals surface area contributed by atoms with Crippen LogP contribution >= 0.6 is 0 Å². The highest BCUT2D eigenvalue weighted by molar-refractivity contribution is 5.96. The van der Waals surface area contributed by atoms with E-state index in [-0.39, 0.29) is 29.2 Å². The first-order valence-electron chi connectivity index (χ1n) is 8.25. The van der Waals surface area contributed by atoms with Gasteiger partial charge in [0.2, 0.25) is 0 Å². The van der Waals surface area contributed by atoms with Crippen LogP contribution in [0.15, 0.2) is 34.7 Å². The van der Waals surface area contributed by atoms with Crippen molar-refractivity contribution in [3.63, 3.8) is 0 Å². The Morgan fingerprint density at radius 2 is 1.96 bits per heavy atom. The zero-order chi connectivity index (χ0) is 18.6. The molecule has 0 saturated carbocycles. The Hall–Kier alpha value is -2.76. The monoisotopic (exact) mass is 345 g/mol. The van der Waals surface area contributed by atoms with Crippen molar-refractivity contribution in [1.82, 2.24) is 5.32 Å². The van der Waals surface area contributed by atoms with Crippen LogP contribution in [0.4, 0.5) is 0 Å². The first kappa shape index (κ1) is 18.6. The number of carbonyl (C=O) groups excluding carboxylic acids is 1. The summed E-state index contributed by atoms with van der Waals surface area (Å²) in [5.41, 5.74) is 0.903. The molecule has 2 rings (SSSR count). The molecule has 1 aromatic carbocycles. The van der Waals surface area contributed by atoms with Crippen molar-refractivity contribution in [1.29, 1.82) is 0 Å². The summed E-state index contributed by atoms with van der Waals surface area (Å²) in [5, 5.41) is 12.0. The van der Waals surface area contributed by atoms with Crippen molar-refractivity contribution in [3.8, 4) is 5.75 Å². The molecule has 0 aliphatic rings. The van der Waals surface area contributed by atoms with Crippen molar-refractivity contribution in [2.75, 3.05) is 0 Å². The summed E-state index contributed by atoms with van der Waals surface area (Å²) >= 11 is 0. The highest BCUT2D eigenvalue weighted by Crippen LogP contribution is 2.22. The Labute approximate surface area is 146 Å². The second-order valence-electron chi connectivity index (χ2n) is 6.04. The molecule has 0 aliphatic heterocycles. The molecule has 1 heterocycles. The van der Waals surface area contributed by atoms with Crippen molar-refractivity contribution >= 4 is 11.9 Å². The molecule has 6 nitrogen and oxygen atoms in total. The third-order valence-electron chi connectivity index (χ3n) is 3.66. The van der Waals surface area contributed by atoms with Crippen LogP contribution in [0.5, 0.6) is 5.75 Å². The average molecular weight is 345 g/mol. The van der Waals surface area contributed by atoms with Gasteiger partial charge < -0.3 is 19.6 Å². The standard InChI is InChI=1S/C19H23NO5/c1-5-16-15(19(22)23)10-17(25-16)18(21)20-12(4)13-7-6-8-14(9-13)24-11(2)3/h6-12H,5H2,1-4H3,(H,20,21)(H,22,23). The van der Waals surface area contributed by atoms with E-state index < -0.39 is 11.9 Å². The number of hydrogen-bond acceptors (Lipinski definition) is 4. The van der Waals surface area contributed by atoms with E-state index in [1.165, 1.54) is 6.07 Å². The third kappa shape index (κ3) is 4.62. The van der Waals surface area contributed by atoms with Gasteiger partial charge in [-0.1, -0.05) is 19.1 Å². The maximum atomic E-state index is 12.4. The number of rotatable bonds is 7. The molecule has 0 spiro atoms. The molecule has 1 unspecified atom stereocenters. The predicted octanol–water partition coefficient (Wildman–Crippen LogP) is 3.82. The van der Waals surface area contributed by atoms with Gasteiger partial charge in [-0.05, 0) is 38.5 Å². The van der Waals surface area contributed by atoms with E-state index >= 15 is 0 Å². The van der Waals surface area contributed by atoms with Crippen LogP contribution in [0, 0.1) is 0 Å². The Morgan fingerprint density at radius 3 is 2.52 bits per heavy atom. The Bertz CT molecular complexity index is 763. The summed E-state index contributed by atoms with van der Waals surface area (Å²) in [6, 6.07) is 8.46. The van der Waals surface area contributed by atoms with Gasteiger partial charge in [0.1, 0.15) is 17.1 Å². The number of carbonyl (C=O) groups is 2. The van der Waals surface area contributed by atoms with E-state index in [4.69, 9.17) is 14.3 Å². The number of aryl methyl sites for hydroxylation is 1. The second-order valence-corrected chi connectivity index (χ2v) is 6.04. The lowest BCUT2D eigenvalue weighted by Gasteiger charge is -2.16. The summed E-state index contributed by atoms with van der Waals surface area (Å²) in [4.78, 5) is 23.5. The van der Waals surface area contributed by atoms with Gasteiger partial charge in [-0.3, -0.25) is 4.79 Å². The van der Waals surface area contributed by atoms with E-state index in [0.29, 0.717) is 6.42 Å². The fraction of sp³-hybridized carbons (Fsp3) is 0.368. The SMILES string of the molecule is CCc1oc(C(=O)NC(C)c2cccc(OC(C)C)c2)cc1C(=O)O. The van der Waals surface area contributed by atoms with Crippen LogP contribution in [0.2, 0.25) is 0 Å². The fourth-order valence-corrected chi connectivity index (χ4v) is 2.46. The number of carboxylic acid groups (broad SMARTS) is 1. The van der Waals surface area contributed by atoms with E-state index in [2.05, 4.69) is 5.32 Å². The van der Waals surface area contributed by atoms with Crippen LogP contribution in [0.3, 0.4) is 0 Å². The summed E-state index contributed by atoms with van der Waals surface area (Å²) in [6.07, 6.45) is 0.462. The Balaban J connectivity index is 2.13. The highest BCUT2D eigenvalue weighted by Gasteiger charge is 2.21. The molecule has 1 atom stereocenters. The van der Waals surface area contributed by atoms with Gasteiger partial charge in [-0.15, -0.1) is 0 Å². The molecule has 0 bridgehead atoms. The zero-order valence-electron chi connectivity index (χ0n) is 14.8. The Morgan fingerprint density at radius 1 is 1.24 bits per heavy atom. The first-order valence-corrected chi connectivity index (χ1v) is 8.25. The topological polar surface area (TPSA) is 88.8 Å². The van der Waals surface area contributed by atoms with Crippen LogP contribution in [-0.2, 0) is 6.42 Å². The molecular weight excluding hydrogens is 322 g/mol. The van der Waals surface area contributed by atoms with E-state index in [9.17, 15) is 9.59 Å². The first-order chi connectivity index (χ1) is 11.8. The lowest BCUT2D eigenvalue weighted by atomic mass is 10.1. The van der Waals surface area contributed by atoms with Crippen LogP contribution in [0.1, 0.15) is 66.0 Å². The van der Waals surface area contributed by atoms with E-state index in [1.54, 1.807) is 6.92 Å². The number of nitrogens with one attached hydrogen (secondary N) is 1. The van der Waals surface area contributed by atoms with Crippen molar-refractivity contribution in [2.45, 2.75) is 46.3 Å². The molecule has 0 fully saturated rings. The number of benzene rings is 1. The van der Waals surface area contributed by atoms with E-state index in [1.807, 2.05) is 45.0 Å². The quantitative estimate of drug-likeness (QED) is 0.796.